The highest BCUT2D eigenvalue weighted by molar-refractivity contribution is 5.90. The molecule has 0 saturated carbocycles. The van der Waals surface area contributed by atoms with Gasteiger partial charge in [-0.3, -0.25) is 9.67 Å². The van der Waals surface area contributed by atoms with Crippen LogP contribution < -0.4 is 5.73 Å². The van der Waals surface area contributed by atoms with Gasteiger partial charge in [0.05, 0.1) is 35.2 Å². The van der Waals surface area contributed by atoms with E-state index in [2.05, 4.69) is 58.2 Å². The molecule has 3 heterocycles. The van der Waals surface area contributed by atoms with E-state index in [-0.39, 0.29) is 11.9 Å². The van der Waals surface area contributed by atoms with Gasteiger partial charge in [0.2, 0.25) is 5.95 Å². The molecule has 2 aromatic heterocycles. The number of aliphatic imine (C=N–C) groups is 1. The smallest absolute Gasteiger partial charge is 0.404 e. The highest BCUT2D eigenvalue weighted by atomic mass is 19.4. The summed E-state index contributed by atoms with van der Waals surface area (Å²) < 4.78 is 44.6. The molecule has 2 N–H and O–H groups in total. The Kier molecular flexibility index (Phi) is 10.1. The van der Waals surface area contributed by atoms with Crippen LogP contribution in [0.2, 0.25) is 0 Å². The molecule has 0 atom stereocenters. The van der Waals surface area contributed by atoms with Crippen molar-refractivity contribution < 1.29 is 17.9 Å². The quantitative estimate of drug-likeness (QED) is 0.184. The standard InChI is InChI=1S/C32H39F3N6O/c1-10-23(30(19(5)6)37-16-25(11-2)42-32(33,34)35)14-26(20(7)18(3)4)27-17-38-41-13-12-24(15-28(27)41)29-21(8)39-31(36)40-22(29)9/h10-11,14-18H,1,12-13H2,2-9H3,(H2,36,39,40)/b23-14+,25-11+,26-20+,37-16?. The van der Waals surface area contributed by atoms with Crippen LogP contribution in [0.25, 0.3) is 17.2 Å². The van der Waals surface area contributed by atoms with Gasteiger partial charge in [0.15, 0.2) is 0 Å². The summed E-state index contributed by atoms with van der Waals surface area (Å²) in [4.78, 5) is 13.2. The fourth-order valence-corrected chi connectivity index (χ4v) is 4.81. The van der Waals surface area contributed by atoms with Crippen LogP contribution >= 0.6 is 0 Å². The van der Waals surface area contributed by atoms with Crippen LogP contribution in [-0.4, -0.2) is 32.3 Å². The summed E-state index contributed by atoms with van der Waals surface area (Å²) in [5.41, 5.74) is 15.5. The number of fused-ring (bicyclic) bond motifs is 1. The molecule has 42 heavy (non-hydrogen) atoms. The predicted octanol–water partition coefficient (Wildman–Crippen LogP) is 8.16. The summed E-state index contributed by atoms with van der Waals surface area (Å²) in [6, 6.07) is 0. The van der Waals surface area contributed by atoms with E-state index in [4.69, 9.17) is 5.73 Å². The number of ether oxygens (including phenoxy) is 1. The molecule has 0 spiro atoms. The summed E-state index contributed by atoms with van der Waals surface area (Å²) in [5, 5.41) is 4.68. The first-order valence-electron chi connectivity index (χ1n) is 13.7. The van der Waals surface area contributed by atoms with E-state index < -0.39 is 12.1 Å². The minimum atomic E-state index is -4.82. The predicted molar refractivity (Wildman–Crippen MR) is 164 cm³/mol. The first kappa shape index (κ1) is 32.3. The minimum Gasteiger partial charge on any atom is -0.404 e. The summed E-state index contributed by atoms with van der Waals surface area (Å²) in [5.74, 6) is 0.0489. The van der Waals surface area contributed by atoms with Crippen molar-refractivity contribution >= 4 is 29.4 Å². The highest BCUT2D eigenvalue weighted by Gasteiger charge is 2.31. The van der Waals surface area contributed by atoms with Gasteiger partial charge in [0.1, 0.15) is 5.76 Å². The van der Waals surface area contributed by atoms with Crippen molar-refractivity contribution in [2.75, 3.05) is 5.73 Å². The molecule has 1 aliphatic heterocycles. The molecule has 0 radical (unpaired) electrons. The van der Waals surface area contributed by atoms with E-state index in [0.29, 0.717) is 17.8 Å². The maximum Gasteiger partial charge on any atom is 0.573 e. The topological polar surface area (TPSA) is 91.2 Å². The number of nitrogens with zero attached hydrogens (tertiary/aromatic N) is 5. The van der Waals surface area contributed by atoms with Crippen LogP contribution in [0.5, 0.6) is 0 Å². The van der Waals surface area contributed by atoms with Crippen LogP contribution in [0.4, 0.5) is 19.1 Å². The number of hydrogen-bond acceptors (Lipinski definition) is 6. The number of alkyl halides is 3. The lowest BCUT2D eigenvalue weighted by molar-refractivity contribution is -0.301. The van der Waals surface area contributed by atoms with Gasteiger partial charge in [-0.2, -0.15) is 5.10 Å². The normalized spacial score (nSPS) is 15.0. The fraction of sp³-hybridized carbons (Fsp3) is 0.375. The zero-order chi connectivity index (χ0) is 31.4. The Morgan fingerprint density at radius 1 is 1.17 bits per heavy atom. The number of halogens is 3. The number of aromatic nitrogens is 4. The molecule has 224 valence electrons. The third-order valence-corrected chi connectivity index (χ3v) is 7.08. The molecule has 10 heteroatoms. The van der Waals surface area contributed by atoms with Gasteiger partial charge in [-0.05, 0) is 83.3 Å². The van der Waals surface area contributed by atoms with Crippen molar-refractivity contribution in [1.29, 1.82) is 0 Å². The summed E-state index contributed by atoms with van der Waals surface area (Å²) in [6.07, 6.45) is 5.85. The van der Waals surface area contributed by atoms with Crippen LogP contribution in [-0.2, 0) is 11.3 Å². The molecule has 0 unspecified atom stereocenters. The number of allylic oxidation sites excluding steroid dienone is 8. The Morgan fingerprint density at radius 3 is 2.33 bits per heavy atom. The van der Waals surface area contributed by atoms with E-state index in [9.17, 15) is 13.2 Å². The zero-order valence-corrected chi connectivity index (χ0v) is 25.5. The van der Waals surface area contributed by atoms with Crippen molar-refractivity contribution in [3.8, 4) is 0 Å². The van der Waals surface area contributed by atoms with Gasteiger partial charge in [0.25, 0.3) is 0 Å². The second kappa shape index (κ2) is 13.2. The van der Waals surface area contributed by atoms with E-state index >= 15 is 0 Å². The minimum absolute atomic E-state index is 0.202. The maximum absolute atomic E-state index is 12.8. The molecule has 0 aromatic carbocycles. The number of anilines is 1. The first-order chi connectivity index (χ1) is 19.7. The van der Waals surface area contributed by atoms with Crippen molar-refractivity contribution in [3.63, 3.8) is 0 Å². The van der Waals surface area contributed by atoms with Gasteiger partial charge in [-0.25, -0.2) is 9.97 Å². The molecular weight excluding hydrogens is 541 g/mol. The lowest BCUT2D eigenvalue weighted by Crippen LogP contribution is -2.13. The maximum atomic E-state index is 12.8. The van der Waals surface area contributed by atoms with Crippen molar-refractivity contribution in [3.05, 3.63) is 87.4 Å². The van der Waals surface area contributed by atoms with Crippen LogP contribution in [0.1, 0.15) is 76.2 Å². The van der Waals surface area contributed by atoms with Crippen LogP contribution in [0.3, 0.4) is 0 Å². The lowest BCUT2D eigenvalue weighted by atomic mass is 9.89. The zero-order valence-electron chi connectivity index (χ0n) is 25.5. The molecule has 1 aliphatic rings. The number of aryl methyl sites for hydroxylation is 3. The summed E-state index contributed by atoms with van der Waals surface area (Å²) >= 11 is 0. The number of nitrogen functional groups attached to an aromatic ring is 1. The molecule has 0 saturated heterocycles. The second-order valence-corrected chi connectivity index (χ2v) is 10.6. The number of hydrogen-bond donors (Lipinski definition) is 1. The van der Waals surface area contributed by atoms with E-state index in [1.807, 2.05) is 44.6 Å². The SMILES string of the molecule is C=C/C(=C\C(=C(\C)C(C)C)c1cnn2c1C=C(c1c(C)nc(N)nc1C)CC2)C(N=C/C(=C\C)OC(F)(F)F)=C(C)C. The van der Waals surface area contributed by atoms with Gasteiger partial charge in [-0.1, -0.05) is 37.6 Å². The lowest BCUT2D eigenvalue weighted by Gasteiger charge is -2.20. The molecule has 0 bridgehead atoms. The monoisotopic (exact) mass is 580 g/mol. The van der Waals surface area contributed by atoms with Crippen LogP contribution in [0, 0.1) is 19.8 Å². The molecular formula is C32H39F3N6O. The third-order valence-electron chi connectivity index (χ3n) is 7.08. The Bertz CT molecular complexity index is 1520. The number of rotatable bonds is 9. The van der Waals surface area contributed by atoms with Crippen molar-refractivity contribution in [2.24, 2.45) is 10.9 Å². The van der Waals surface area contributed by atoms with E-state index in [0.717, 1.165) is 63.1 Å². The average molecular weight is 581 g/mol. The van der Waals surface area contributed by atoms with Gasteiger partial charge >= 0.3 is 6.36 Å². The molecule has 0 aliphatic carbocycles. The van der Waals surface area contributed by atoms with E-state index in [1.165, 1.54) is 13.0 Å². The number of nitrogens with two attached hydrogens (primary N) is 1. The molecule has 0 amide bonds. The van der Waals surface area contributed by atoms with Gasteiger partial charge in [-0.15, -0.1) is 13.2 Å². The Balaban J connectivity index is 2.18. The van der Waals surface area contributed by atoms with E-state index in [1.54, 1.807) is 6.08 Å². The van der Waals surface area contributed by atoms with Crippen molar-refractivity contribution in [2.45, 2.75) is 74.7 Å². The first-order valence-corrected chi connectivity index (χ1v) is 13.7. The molecule has 3 rings (SSSR count). The Hall–Kier alpha value is -4.21. The largest absolute Gasteiger partial charge is 0.573 e. The fourth-order valence-electron chi connectivity index (χ4n) is 4.81. The van der Waals surface area contributed by atoms with Crippen LogP contribution in [0.15, 0.2) is 64.2 Å². The molecule has 7 nitrogen and oxygen atoms in total. The summed E-state index contributed by atoms with van der Waals surface area (Å²) in [7, 11) is 0. The Labute approximate surface area is 245 Å². The second-order valence-electron chi connectivity index (χ2n) is 10.6. The summed E-state index contributed by atoms with van der Waals surface area (Å²) in [6.45, 7) is 20.0. The average Bonchev–Trinajstić information content (AvgIpc) is 3.31. The Morgan fingerprint density at radius 2 is 1.81 bits per heavy atom. The highest BCUT2D eigenvalue weighted by Crippen LogP contribution is 2.36. The van der Waals surface area contributed by atoms with Gasteiger partial charge < -0.3 is 10.5 Å². The van der Waals surface area contributed by atoms with Crippen molar-refractivity contribution in [1.82, 2.24) is 19.7 Å². The molecule has 0 fully saturated rings. The third kappa shape index (κ3) is 7.54. The van der Waals surface area contributed by atoms with Gasteiger partial charge in [0, 0.05) is 23.2 Å². The molecule has 2 aromatic rings.